The van der Waals surface area contributed by atoms with Crippen molar-refractivity contribution in [3.63, 3.8) is 0 Å². The Kier molecular flexibility index (Phi) is 4.94. The standard InChI is InChI=1S/C11H14N4O2/c1-15(6-5-11(16)17-14-13)10-4-2-3-9(7-10)8-12/h2-4,7,14H,5-6,13H2,1H3. The van der Waals surface area contributed by atoms with Gasteiger partial charge in [-0.15, -0.1) is 0 Å². The first-order valence-electron chi connectivity index (χ1n) is 5.04. The lowest BCUT2D eigenvalue weighted by molar-refractivity contribution is -0.150. The molecular weight excluding hydrogens is 220 g/mol. The highest BCUT2D eigenvalue weighted by Gasteiger charge is 2.06. The Morgan fingerprint density at radius 1 is 1.65 bits per heavy atom. The molecule has 1 aromatic carbocycles. The first kappa shape index (κ1) is 13.0. The average molecular weight is 234 g/mol. The minimum absolute atomic E-state index is 0.206. The van der Waals surface area contributed by atoms with Crippen molar-refractivity contribution in [2.24, 2.45) is 5.84 Å². The SMILES string of the molecule is CN(CCC(=O)ONN)c1cccc(C#N)c1. The van der Waals surface area contributed by atoms with Gasteiger partial charge >= 0.3 is 5.97 Å². The largest absolute Gasteiger partial charge is 0.374 e. The number of hydrogen-bond donors (Lipinski definition) is 2. The summed E-state index contributed by atoms with van der Waals surface area (Å²) in [6.45, 7) is 0.482. The number of hydrogen-bond acceptors (Lipinski definition) is 6. The summed E-state index contributed by atoms with van der Waals surface area (Å²) in [5.41, 5.74) is 3.29. The molecule has 0 aliphatic rings. The van der Waals surface area contributed by atoms with E-state index in [0.29, 0.717) is 12.1 Å². The number of benzene rings is 1. The molecular formula is C11H14N4O2. The zero-order valence-corrected chi connectivity index (χ0v) is 9.51. The van der Waals surface area contributed by atoms with Crippen LogP contribution in [0, 0.1) is 11.3 Å². The fourth-order valence-electron chi connectivity index (χ4n) is 1.32. The van der Waals surface area contributed by atoms with Crippen LogP contribution in [0.15, 0.2) is 24.3 Å². The predicted molar refractivity (Wildman–Crippen MR) is 62.5 cm³/mol. The van der Waals surface area contributed by atoms with Crippen LogP contribution in [0.25, 0.3) is 0 Å². The van der Waals surface area contributed by atoms with Crippen LogP contribution in [-0.4, -0.2) is 19.6 Å². The molecule has 0 aliphatic carbocycles. The average Bonchev–Trinajstić information content (AvgIpc) is 2.36. The predicted octanol–water partition coefficient (Wildman–Crippen LogP) is 0.306. The van der Waals surface area contributed by atoms with Crippen LogP contribution >= 0.6 is 0 Å². The van der Waals surface area contributed by atoms with Gasteiger partial charge in [0.2, 0.25) is 0 Å². The van der Waals surface area contributed by atoms with Gasteiger partial charge in [-0.3, -0.25) is 4.79 Å². The highest BCUT2D eigenvalue weighted by atomic mass is 16.7. The van der Waals surface area contributed by atoms with Crippen LogP contribution in [0.3, 0.4) is 0 Å². The molecule has 0 bridgehead atoms. The number of nitrogens with two attached hydrogens (primary N) is 1. The molecule has 90 valence electrons. The summed E-state index contributed by atoms with van der Waals surface area (Å²) >= 11 is 0. The molecule has 0 radical (unpaired) electrons. The van der Waals surface area contributed by atoms with Crippen molar-refractivity contribution < 1.29 is 9.63 Å². The van der Waals surface area contributed by atoms with Crippen LogP contribution in [0.2, 0.25) is 0 Å². The highest BCUT2D eigenvalue weighted by Crippen LogP contribution is 2.14. The first-order chi connectivity index (χ1) is 8.17. The maximum absolute atomic E-state index is 11.1. The maximum atomic E-state index is 11.1. The van der Waals surface area contributed by atoms with Crippen molar-refractivity contribution in [3.05, 3.63) is 29.8 Å². The van der Waals surface area contributed by atoms with Crippen LogP contribution in [0.5, 0.6) is 0 Å². The number of carbonyl (C=O) groups is 1. The summed E-state index contributed by atoms with van der Waals surface area (Å²) in [6.07, 6.45) is 0.206. The number of nitriles is 1. The quantitative estimate of drug-likeness (QED) is 0.562. The lowest BCUT2D eigenvalue weighted by Gasteiger charge is -2.18. The van der Waals surface area contributed by atoms with Gasteiger partial charge in [0.15, 0.2) is 0 Å². The fraction of sp³-hybridized carbons (Fsp3) is 0.273. The Balaban J connectivity index is 2.55. The van der Waals surface area contributed by atoms with Gasteiger partial charge in [0.25, 0.3) is 0 Å². The zero-order valence-electron chi connectivity index (χ0n) is 9.51. The summed E-state index contributed by atoms with van der Waals surface area (Å²) in [7, 11) is 1.83. The summed E-state index contributed by atoms with van der Waals surface area (Å²) in [4.78, 5) is 17.3. The monoisotopic (exact) mass is 234 g/mol. The molecule has 0 amide bonds. The van der Waals surface area contributed by atoms with Crippen LogP contribution in [-0.2, 0) is 9.63 Å². The Labute approximate surface area is 99.5 Å². The topological polar surface area (TPSA) is 91.4 Å². The van der Waals surface area contributed by atoms with E-state index >= 15 is 0 Å². The molecule has 6 nitrogen and oxygen atoms in total. The van der Waals surface area contributed by atoms with E-state index in [9.17, 15) is 4.79 Å². The number of anilines is 1. The molecule has 3 N–H and O–H groups in total. The van der Waals surface area contributed by atoms with Gasteiger partial charge in [0, 0.05) is 19.3 Å². The summed E-state index contributed by atoms with van der Waals surface area (Å²) in [6, 6.07) is 9.21. The lowest BCUT2D eigenvalue weighted by Crippen LogP contribution is -2.29. The number of hydrazine groups is 1. The molecule has 0 fully saturated rings. The normalized spacial score (nSPS) is 9.47. The van der Waals surface area contributed by atoms with E-state index in [-0.39, 0.29) is 6.42 Å². The summed E-state index contributed by atoms with van der Waals surface area (Å²) in [5.74, 6) is 4.41. The third-order valence-corrected chi connectivity index (χ3v) is 2.24. The second-order valence-corrected chi connectivity index (χ2v) is 3.43. The Bertz CT molecular complexity index is 428. The number of nitrogens with one attached hydrogen (secondary N) is 1. The second kappa shape index (κ2) is 6.48. The number of nitrogens with zero attached hydrogens (tertiary/aromatic N) is 2. The Hall–Kier alpha value is -2.10. The third-order valence-electron chi connectivity index (χ3n) is 2.24. The van der Waals surface area contributed by atoms with Crippen molar-refractivity contribution in [2.45, 2.75) is 6.42 Å². The smallest absolute Gasteiger partial charge is 0.328 e. The van der Waals surface area contributed by atoms with Gasteiger partial charge in [-0.05, 0) is 18.2 Å². The van der Waals surface area contributed by atoms with Crippen molar-refractivity contribution in [1.82, 2.24) is 5.59 Å². The van der Waals surface area contributed by atoms with E-state index in [4.69, 9.17) is 11.1 Å². The van der Waals surface area contributed by atoms with Crippen molar-refractivity contribution in [1.29, 1.82) is 5.26 Å². The molecule has 0 saturated carbocycles. The maximum Gasteiger partial charge on any atom is 0.328 e. The van der Waals surface area contributed by atoms with Crippen molar-refractivity contribution >= 4 is 11.7 Å². The van der Waals surface area contributed by atoms with Gasteiger partial charge in [-0.1, -0.05) is 11.7 Å². The third kappa shape index (κ3) is 4.10. The van der Waals surface area contributed by atoms with E-state index < -0.39 is 5.97 Å². The fourth-order valence-corrected chi connectivity index (χ4v) is 1.32. The number of rotatable bonds is 5. The van der Waals surface area contributed by atoms with Gasteiger partial charge in [-0.25, -0.2) is 5.84 Å². The second-order valence-electron chi connectivity index (χ2n) is 3.43. The number of carbonyl (C=O) groups excluding carboxylic acids is 1. The van der Waals surface area contributed by atoms with Gasteiger partial charge in [0.1, 0.15) is 0 Å². The molecule has 0 heterocycles. The minimum Gasteiger partial charge on any atom is -0.374 e. The Morgan fingerprint density at radius 3 is 3.06 bits per heavy atom. The van der Waals surface area contributed by atoms with E-state index in [0.717, 1.165) is 5.69 Å². The van der Waals surface area contributed by atoms with Crippen LogP contribution in [0.4, 0.5) is 5.69 Å². The molecule has 0 spiro atoms. The van der Waals surface area contributed by atoms with Crippen molar-refractivity contribution in [3.8, 4) is 6.07 Å². The van der Waals surface area contributed by atoms with E-state index in [2.05, 4.69) is 10.9 Å². The van der Waals surface area contributed by atoms with Gasteiger partial charge in [-0.2, -0.15) is 5.26 Å². The lowest BCUT2D eigenvalue weighted by atomic mass is 10.2. The van der Waals surface area contributed by atoms with E-state index in [1.54, 1.807) is 18.2 Å². The first-order valence-corrected chi connectivity index (χ1v) is 5.04. The highest BCUT2D eigenvalue weighted by molar-refractivity contribution is 5.69. The van der Waals surface area contributed by atoms with E-state index in [1.165, 1.54) is 0 Å². The summed E-state index contributed by atoms with van der Waals surface area (Å²) in [5, 5.41) is 8.77. The molecule has 0 saturated heterocycles. The van der Waals surface area contributed by atoms with Crippen LogP contribution in [0.1, 0.15) is 12.0 Å². The molecule has 0 aliphatic heterocycles. The van der Waals surface area contributed by atoms with E-state index in [1.807, 2.05) is 23.6 Å². The molecule has 17 heavy (non-hydrogen) atoms. The zero-order chi connectivity index (χ0) is 12.7. The molecule has 1 aromatic rings. The van der Waals surface area contributed by atoms with Gasteiger partial charge in [0.05, 0.1) is 18.1 Å². The van der Waals surface area contributed by atoms with Crippen LogP contribution < -0.4 is 16.3 Å². The van der Waals surface area contributed by atoms with Crippen molar-refractivity contribution in [2.75, 3.05) is 18.5 Å². The Morgan fingerprint density at radius 2 is 2.41 bits per heavy atom. The molecule has 1 rings (SSSR count). The summed E-state index contributed by atoms with van der Waals surface area (Å²) < 4.78 is 0. The minimum atomic E-state index is -0.434. The molecule has 0 atom stereocenters. The molecule has 6 heteroatoms. The molecule has 0 unspecified atom stereocenters. The van der Waals surface area contributed by atoms with Gasteiger partial charge < -0.3 is 9.74 Å². The molecule has 0 aromatic heterocycles.